The lowest BCUT2D eigenvalue weighted by atomic mass is 9.95. The first kappa shape index (κ1) is 24.9. The normalized spacial score (nSPS) is 24.8. The zero-order chi connectivity index (χ0) is 26.8. The van der Waals surface area contributed by atoms with Crippen LogP contribution in [0.5, 0.6) is 0 Å². The van der Waals surface area contributed by atoms with Crippen molar-refractivity contribution >= 4 is 33.6 Å². The zero-order valence-electron chi connectivity index (χ0n) is 21.3. The molecule has 6 rings (SSSR count). The van der Waals surface area contributed by atoms with Crippen molar-refractivity contribution in [1.29, 1.82) is 0 Å². The van der Waals surface area contributed by atoms with Crippen molar-refractivity contribution in [1.82, 2.24) is 19.5 Å². The van der Waals surface area contributed by atoms with Crippen molar-refractivity contribution in [2.75, 3.05) is 18.1 Å². The van der Waals surface area contributed by atoms with Crippen molar-refractivity contribution in [3.8, 4) is 0 Å². The van der Waals surface area contributed by atoms with Gasteiger partial charge < -0.3 is 25.1 Å². The van der Waals surface area contributed by atoms with E-state index in [1.54, 1.807) is 12.4 Å². The van der Waals surface area contributed by atoms with Crippen LogP contribution in [-0.2, 0) is 22.1 Å². The molecular weight excluding hydrogens is 497 g/mol. The molecule has 8 nitrogen and oxygen atoms in total. The first-order valence-corrected chi connectivity index (χ1v) is 12.7. The number of nitrogens with two attached hydrogens (primary N) is 1. The van der Waals surface area contributed by atoms with Crippen LogP contribution < -0.4 is 11.1 Å². The van der Waals surface area contributed by atoms with Crippen LogP contribution >= 0.6 is 0 Å². The number of fused-ring (bicyclic) bond motifs is 3. The SMILES string of the molecule is CNc1ncnc2c1ccn2[C@@H]1C[C@H](CCc2ccc3cc(C(F)(F)F)c(N)nc3c2)[C@H]2OC(C)(C)O[C@H]21. The topological polar surface area (TPSA) is 100 Å². The largest absolute Gasteiger partial charge is 0.419 e. The number of nitrogens with one attached hydrogen (secondary N) is 1. The number of anilines is 2. The summed E-state index contributed by atoms with van der Waals surface area (Å²) in [5.74, 6) is -0.208. The fraction of sp³-hybridized carbons (Fsp3) is 0.444. The van der Waals surface area contributed by atoms with Gasteiger partial charge in [0.05, 0.1) is 28.6 Å². The van der Waals surface area contributed by atoms with E-state index in [0.29, 0.717) is 10.9 Å². The first-order chi connectivity index (χ1) is 18.0. The highest BCUT2D eigenvalue weighted by molar-refractivity contribution is 5.87. The van der Waals surface area contributed by atoms with Gasteiger partial charge in [-0.1, -0.05) is 12.1 Å². The summed E-state index contributed by atoms with van der Waals surface area (Å²) in [6.45, 7) is 3.87. The molecule has 1 saturated carbocycles. The Morgan fingerprint density at radius 2 is 1.92 bits per heavy atom. The van der Waals surface area contributed by atoms with E-state index in [1.807, 2.05) is 45.3 Å². The Morgan fingerprint density at radius 3 is 2.68 bits per heavy atom. The van der Waals surface area contributed by atoms with E-state index < -0.39 is 23.3 Å². The molecule has 2 aliphatic rings. The van der Waals surface area contributed by atoms with E-state index in [-0.39, 0.29) is 24.2 Å². The van der Waals surface area contributed by atoms with Gasteiger partial charge in [-0.15, -0.1) is 0 Å². The van der Waals surface area contributed by atoms with E-state index in [9.17, 15) is 13.2 Å². The van der Waals surface area contributed by atoms with Gasteiger partial charge in [0.1, 0.15) is 29.7 Å². The summed E-state index contributed by atoms with van der Waals surface area (Å²) >= 11 is 0. The Labute approximate surface area is 217 Å². The van der Waals surface area contributed by atoms with Crippen LogP contribution in [0.15, 0.2) is 42.9 Å². The lowest BCUT2D eigenvalue weighted by Crippen LogP contribution is -2.27. The highest BCUT2D eigenvalue weighted by atomic mass is 19.4. The van der Waals surface area contributed by atoms with Crippen molar-refractivity contribution < 1.29 is 22.6 Å². The second-order valence-electron chi connectivity index (χ2n) is 10.5. The summed E-state index contributed by atoms with van der Waals surface area (Å²) < 4.78 is 54.6. The monoisotopic (exact) mass is 526 g/mol. The first-order valence-electron chi connectivity index (χ1n) is 12.7. The number of hydrogen-bond donors (Lipinski definition) is 2. The highest BCUT2D eigenvalue weighted by Gasteiger charge is 2.54. The minimum Gasteiger partial charge on any atom is -0.383 e. The molecule has 1 aliphatic carbocycles. The molecule has 4 heterocycles. The molecule has 1 aromatic carbocycles. The average Bonchev–Trinajstić information content (AvgIpc) is 3.52. The van der Waals surface area contributed by atoms with Crippen LogP contribution in [0, 0.1) is 5.92 Å². The minimum atomic E-state index is -4.54. The molecule has 4 aromatic rings. The van der Waals surface area contributed by atoms with E-state index in [4.69, 9.17) is 15.2 Å². The molecule has 1 saturated heterocycles. The number of nitrogens with zero attached hydrogens (tertiary/aromatic N) is 4. The lowest BCUT2D eigenvalue weighted by molar-refractivity contribution is -0.160. The van der Waals surface area contributed by atoms with Crippen LogP contribution in [0.25, 0.3) is 21.9 Å². The van der Waals surface area contributed by atoms with Gasteiger partial charge in [0.25, 0.3) is 0 Å². The Bertz CT molecular complexity index is 1520. The van der Waals surface area contributed by atoms with Crippen LogP contribution in [0.1, 0.15) is 43.9 Å². The summed E-state index contributed by atoms with van der Waals surface area (Å²) in [6.07, 6.45) is 1.25. The third kappa shape index (κ3) is 4.23. The number of pyridine rings is 1. The fourth-order valence-corrected chi connectivity index (χ4v) is 6.01. The van der Waals surface area contributed by atoms with Crippen molar-refractivity contribution in [2.45, 2.75) is 63.3 Å². The standard InChI is InChI=1S/C27H29F3N6O2/c1-26(2)37-21-16(7-5-14-4-6-15-11-18(27(28,29)30)23(31)35-19(15)10-14)12-20(22(21)38-26)36-9-8-17-24(32-3)33-13-34-25(17)36/h4,6,8-11,13,16,20-22H,5,7,12H2,1-3H3,(H2,31,35)(H,32,33,34)/t16-,20+,21+,22-/m0/s1. The van der Waals surface area contributed by atoms with Crippen LogP contribution in [-0.4, -0.2) is 44.6 Å². The van der Waals surface area contributed by atoms with E-state index in [1.165, 1.54) is 0 Å². The number of benzene rings is 1. The number of rotatable bonds is 5. The Morgan fingerprint density at radius 1 is 1.13 bits per heavy atom. The summed E-state index contributed by atoms with van der Waals surface area (Å²) in [6, 6.07) is 8.47. The number of halogens is 3. The molecule has 0 amide bonds. The summed E-state index contributed by atoms with van der Waals surface area (Å²) in [7, 11) is 1.84. The van der Waals surface area contributed by atoms with Gasteiger partial charge in [0.2, 0.25) is 0 Å². The van der Waals surface area contributed by atoms with Gasteiger partial charge in [-0.3, -0.25) is 0 Å². The van der Waals surface area contributed by atoms with Gasteiger partial charge in [-0.25, -0.2) is 15.0 Å². The summed E-state index contributed by atoms with van der Waals surface area (Å²) in [5.41, 5.74) is 7.00. The number of hydrogen-bond acceptors (Lipinski definition) is 7. The molecule has 2 fully saturated rings. The maximum absolute atomic E-state index is 13.2. The van der Waals surface area contributed by atoms with Gasteiger partial charge in [-0.2, -0.15) is 13.2 Å². The van der Waals surface area contributed by atoms with Crippen molar-refractivity contribution in [3.63, 3.8) is 0 Å². The molecule has 3 aromatic heterocycles. The van der Waals surface area contributed by atoms with Crippen LogP contribution in [0.3, 0.4) is 0 Å². The second-order valence-corrected chi connectivity index (χ2v) is 10.5. The Balaban J connectivity index is 1.25. The molecule has 0 bridgehead atoms. The molecule has 38 heavy (non-hydrogen) atoms. The van der Waals surface area contributed by atoms with Gasteiger partial charge in [0, 0.05) is 18.6 Å². The third-order valence-electron chi connectivity index (χ3n) is 7.68. The number of nitrogen functional groups attached to an aromatic ring is 1. The zero-order valence-corrected chi connectivity index (χ0v) is 21.3. The third-order valence-corrected chi connectivity index (χ3v) is 7.68. The number of aryl methyl sites for hydroxylation is 1. The summed E-state index contributed by atoms with van der Waals surface area (Å²) in [5, 5.41) is 4.48. The molecule has 4 atom stereocenters. The van der Waals surface area contributed by atoms with Crippen LogP contribution in [0.4, 0.5) is 24.8 Å². The molecular formula is C27H29F3N6O2. The van der Waals surface area contributed by atoms with E-state index >= 15 is 0 Å². The molecule has 0 radical (unpaired) electrons. The number of alkyl halides is 3. The molecule has 0 spiro atoms. The Hall–Kier alpha value is -3.44. The molecule has 11 heteroatoms. The molecule has 1 aliphatic heterocycles. The maximum Gasteiger partial charge on any atom is 0.419 e. The lowest BCUT2D eigenvalue weighted by Gasteiger charge is -2.24. The van der Waals surface area contributed by atoms with Gasteiger partial charge >= 0.3 is 6.18 Å². The smallest absolute Gasteiger partial charge is 0.383 e. The van der Waals surface area contributed by atoms with E-state index in [0.717, 1.165) is 47.7 Å². The average molecular weight is 527 g/mol. The molecule has 3 N–H and O–H groups in total. The summed E-state index contributed by atoms with van der Waals surface area (Å²) in [4.78, 5) is 12.9. The van der Waals surface area contributed by atoms with Crippen LogP contribution in [0.2, 0.25) is 0 Å². The minimum absolute atomic E-state index is 0.0442. The van der Waals surface area contributed by atoms with E-state index in [2.05, 4.69) is 24.8 Å². The van der Waals surface area contributed by atoms with Gasteiger partial charge in [-0.05, 0) is 62.8 Å². The number of aromatic nitrogens is 4. The number of ether oxygens (including phenoxy) is 2. The van der Waals surface area contributed by atoms with Crippen molar-refractivity contribution in [2.24, 2.45) is 5.92 Å². The maximum atomic E-state index is 13.2. The predicted octanol–water partition coefficient (Wildman–Crippen LogP) is 5.34. The molecule has 200 valence electrons. The highest BCUT2D eigenvalue weighted by Crippen LogP contribution is 2.49. The molecule has 0 unspecified atom stereocenters. The Kier molecular flexibility index (Phi) is 5.76. The fourth-order valence-electron chi connectivity index (χ4n) is 6.01. The predicted molar refractivity (Wildman–Crippen MR) is 138 cm³/mol. The van der Waals surface area contributed by atoms with Gasteiger partial charge in [0.15, 0.2) is 5.79 Å². The van der Waals surface area contributed by atoms with Crippen molar-refractivity contribution in [3.05, 3.63) is 54.0 Å². The second kappa shape index (κ2) is 8.81. The quantitative estimate of drug-likeness (QED) is 0.362.